The monoisotopic (exact) mass is 220 g/mol. The Kier molecular flexibility index (Phi) is 6.42. The molecule has 1 amide bonds. The molecular formula is C9H20N2O4. The summed E-state index contributed by atoms with van der Waals surface area (Å²) in [6.45, 7) is 2.59. The number of nitrogens with two attached hydrogens (primary N) is 1. The van der Waals surface area contributed by atoms with Gasteiger partial charge in [0.1, 0.15) is 5.54 Å². The zero-order chi connectivity index (χ0) is 11.9. The molecule has 0 bridgehead atoms. The first-order valence-electron chi connectivity index (χ1n) is 4.62. The topological polar surface area (TPSA) is 82.8 Å². The molecule has 0 spiro atoms. The third-order valence-electron chi connectivity index (χ3n) is 2.21. The molecule has 0 aromatic heterocycles. The van der Waals surface area contributed by atoms with E-state index in [-0.39, 0.29) is 0 Å². The fourth-order valence-corrected chi connectivity index (χ4v) is 1.27. The average molecular weight is 220 g/mol. The number of primary amides is 1. The lowest BCUT2D eigenvalue weighted by atomic mass is 10.0. The van der Waals surface area contributed by atoms with Gasteiger partial charge in [-0.15, -0.1) is 0 Å². The number of carbonyl (C=O) groups excluding carboxylic acids is 1. The van der Waals surface area contributed by atoms with Crippen molar-refractivity contribution in [2.45, 2.75) is 18.8 Å². The smallest absolute Gasteiger partial charge is 0.242 e. The molecule has 0 rings (SSSR count). The van der Waals surface area contributed by atoms with Crippen LogP contribution in [0.2, 0.25) is 0 Å². The van der Waals surface area contributed by atoms with Gasteiger partial charge in [-0.1, -0.05) is 0 Å². The maximum Gasteiger partial charge on any atom is 0.242 e. The maximum absolute atomic E-state index is 11.3. The van der Waals surface area contributed by atoms with Crippen molar-refractivity contribution in [3.8, 4) is 0 Å². The van der Waals surface area contributed by atoms with Crippen LogP contribution < -0.4 is 11.1 Å². The van der Waals surface area contributed by atoms with Crippen LogP contribution in [0.25, 0.3) is 0 Å². The predicted octanol–water partition coefficient (Wildman–Crippen LogP) is -0.915. The van der Waals surface area contributed by atoms with Crippen LogP contribution in [-0.2, 0) is 19.0 Å². The molecule has 0 saturated heterocycles. The molecule has 0 fully saturated rings. The molecule has 6 nitrogen and oxygen atoms in total. The van der Waals surface area contributed by atoms with Crippen molar-refractivity contribution < 1.29 is 19.0 Å². The van der Waals surface area contributed by atoms with E-state index in [9.17, 15) is 4.79 Å². The van der Waals surface area contributed by atoms with Gasteiger partial charge < -0.3 is 19.9 Å². The van der Waals surface area contributed by atoms with Crippen LogP contribution in [0.15, 0.2) is 0 Å². The van der Waals surface area contributed by atoms with Crippen molar-refractivity contribution in [3.05, 3.63) is 0 Å². The Bertz CT molecular complexity index is 197. The molecule has 1 atom stereocenters. The van der Waals surface area contributed by atoms with E-state index in [0.717, 1.165) is 0 Å². The number of hydrogen-bond acceptors (Lipinski definition) is 5. The highest BCUT2D eigenvalue weighted by atomic mass is 16.7. The van der Waals surface area contributed by atoms with E-state index < -0.39 is 17.7 Å². The van der Waals surface area contributed by atoms with E-state index in [4.69, 9.17) is 19.9 Å². The molecule has 0 radical (unpaired) electrons. The van der Waals surface area contributed by atoms with Crippen molar-refractivity contribution in [3.63, 3.8) is 0 Å². The Morgan fingerprint density at radius 2 is 1.93 bits per heavy atom. The van der Waals surface area contributed by atoms with Gasteiger partial charge >= 0.3 is 0 Å². The van der Waals surface area contributed by atoms with Crippen LogP contribution in [-0.4, -0.2) is 52.2 Å². The average Bonchev–Trinajstić information content (AvgIpc) is 2.19. The summed E-state index contributed by atoms with van der Waals surface area (Å²) in [5.74, 6) is -0.535. The lowest BCUT2D eigenvalue weighted by Crippen LogP contribution is -2.62. The summed E-state index contributed by atoms with van der Waals surface area (Å²) in [7, 11) is 4.48. The minimum atomic E-state index is -1.07. The van der Waals surface area contributed by atoms with Crippen LogP contribution in [0.5, 0.6) is 0 Å². The maximum atomic E-state index is 11.3. The summed E-state index contributed by atoms with van der Waals surface area (Å²) < 4.78 is 14.9. The Hall–Kier alpha value is -0.690. The molecule has 15 heavy (non-hydrogen) atoms. The zero-order valence-corrected chi connectivity index (χ0v) is 9.70. The third-order valence-corrected chi connectivity index (χ3v) is 2.21. The minimum Gasteiger partial charge on any atom is -0.383 e. The van der Waals surface area contributed by atoms with E-state index in [0.29, 0.717) is 13.2 Å². The van der Waals surface area contributed by atoms with E-state index in [2.05, 4.69) is 5.32 Å². The second kappa shape index (κ2) is 6.73. The van der Waals surface area contributed by atoms with Gasteiger partial charge in [0, 0.05) is 27.9 Å². The van der Waals surface area contributed by atoms with Crippen molar-refractivity contribution in [1.82, 2.24) is 5.32 Å². The van der Waals surface area contributed by atoms with Gasteiger partial charge in [-0.2, -0.15) is 0 Å². The second-order valence-electron chi connectivity index (χ2n) is 3.29. The first-order chi connectivity index (χ1) is 7.02. The molecule has 0 aromatic rings. The fraction of sp³-hybridized carbons (Fsp3) is 0.889. The van der Waals surface area contributed by atoms with E-state index in [1.807, 2.05) is 0 Å². The Balaban J connectivity index is 4.50. The van der Waals surface area contributed by atoms with Crippen LogP contribution in [0.3, 0.4) is 0 Å². The summed E-state index contributed by atoms with van der Waals surface area (Å²) in [5.41, 5.74) is 4.24. The fourth-order valence-electron chi connectivity index (χ4n) is 1.27. The Labute approximate surface area is 90.1 Å². The summed E-state index contributed by atoms with van der Waals surface area (Å²) in [6, 6.07) is 0. The normalized spacial score (nSPS) is 15.3. The zero-order valence-electron chi connectivity index (χ0n) is 9.70. The highest BCUT2D eigenvalue weighted by Crippen LogP contribution is 2.13. The van der Waals surface area contributed by atoms with Crippen molar-refractivity contribution in [2.75, 3.05) is 34.5 Å². The number of hydrogen-bond donors (Lipinski definition) is 2. The number of nitrogens with one attached hydrogen (secondary N) is 1. The van der Waals surface area contributed by atoms with E-state index in [1.54, 1.807) is 14.0 Å². The lowest BCUT2D eigenvalue weighted by molar-refractivity contribution is -0.166. The van der Waals surface area contributed by atoms with Gasteiger partial charge in [0.15, 0.2) is 6.29 Å². The molecule has 0 aromatic carbocycles. The molecule has 0 aliphatic carbocycles. The molecule has 0 aliphatic heterocycles. The predicted molar refractivity (Wildman–Crippen MR) is 55.3 cm³/mol. The molecule has 0 saturated carbocycles. The van der Waals surface area contributed by atoms with Crippen LogP contribution in [0.1, 0.15) is 6.92 Å². The van der Waals surface area contributed by atoms with Crippen LogP contribution in [0, 0.1) is 0 Å². The summed E-state index contributed by atoms with van der Waals surface area (Å²) in [4.78, 5) is 11.3. The van der Waals surface area contributed by atoms with Gasteiger partial charge in [0.05, 0.1) is 6.61 Å². The van der Waals surface area contributed by atoms with E-state index >= 15 is 0 Å². The van der Waals surface area contributed by atoms with Crippen molar-refractivity contribution >= 4 is 5.91 Å². The number of ether oxygens (including phenoxy) is 3. The Morgan fingerprint density at radius 3 is 2.27 bits per heavy atom. The molecule has 0 aliphatic rings. The highest BCUT2D eigenvalue weighted by Gasteiger charge is 2.40. The molecule has 90 valence electrons. The molecule has 1 unspecified atom stereocenters. The van der Waals surface area contributed by atoms with E-state index in [1.165, 1.54) is 14.2 Å². The van der Waals surface area contributed by atoms with Gasteiger partial charge in [-0.3, -0.25) is 10.1 Å². The molecule has 0 heterocycles. The van der Waals surface area contributed by atoms with Gasteiger partial charge in [0.25, 0.3) is 0 Å². The molecule has 6 heteroatoms. The second-order valence-corrected chi connectivity index (χ2v) is 3.29. The highest BCUT2D eigenvalue weighted by molar-refractivity contribution is 5.84. The number of methoxy groups -OCH3 is 3. The van der Waals surface area contributed by atoms with Crippen molar-refractivity contribution in [2.24, 2.45) is 5.73 Å². The van der Waals surface area contributed by atoms with Crippen LogP contribution >= 0.6 is 0 Å². The largest absolute Gasteiger partial charge is 0.383 e. The molecule has 3 N–H and O–H groups in total. The summed E-state index contributed by atoms with van der Waals surface area (Å²) in [6.07, 6.45) is -0.730. The van der Waals surface area contributed by atoms with Gasteiger partial charge in [-0.25, -0.2) is 0 Å². The van der Waals surface area contributed by atoms with Gasteiger partial charge in [-0.05, 0) is 6.92 Å². The van der Waals surface area contributed by atoms with Gasteiger partial charge in [0.2, 0.25) is 5.91 Å². The SMILES string of the molecule is COCCNC(C)(C(N)=O)C(OC)OC. The summed E-state index contributed by atoms with van der Waals surface area (Å²) >= 11 is 0. The summed E-state index contributed by atoms with van der Waals surface area (Å²) in [5, 5.41) is 2.95. The Morgan fingerprint density at radius 1 is 1.40 bits per heavy atom. The van der Waals surface area contributed by atoms with Crippen molar-refractivity contribution in [1.29, 1.82) is 0 Å². The quantitative estimate of drug-likeness (QED) is 0.408. The number of carbonyl (C=O) groups is 1. The first-order valence-corrected chi connectivity index (χ1v) is 4.62. The minimum absolute atomic E-state index is 0.475. The standard InChI is InChI=1S/C9H20N2O4/c1-9(7(10)12,8(14-3)15-4)11-5-6-13-2/h8,11H,5-6H2,1-4H3,(H2,10,12). The molecular weight excluding hydrogens is 200 g/mol. The number of rotatable bonds is 8. The van der Waals surface area contributed by atoms with Crippen LogP contribution in [0.4, 0.5) is 0 Å². The first kappa shape index (κ1) is 14.3. The third kappa shape index (κ3) is 3.75. The number of amides is 1. The lowest BCUT2D eigenvalue weighted by Gasteiger charge is -2.33.